The van der Waals surface area contributed by atoms with Crippen molar-refractivity contribution in [3.05, 3.63) is 29.3 Å². The van der Waals surface area contributed by atoms with Crippen LogP contribution in [-0.4, -0.2) is 25.4 Å². The molecule has 80 valence electrons. The van der Waals surface area contributed by atoms with E-state index in [1.165, 1.54) is 0 Å². The van der Waals surface area contributed by atoms with Gasteiger partial charge < -0.3 is 10.1 Å². The van der Waals surface area contributed by atoms with Crippen molar-refractivity contribution in [3.63, 3.8) is 0 Å². The zero-order valence-electron chi connectivity index (χ0n) is 7.90. The highest BCUT2D eigenvalue weighted by Crippen LogP contribution is 2.12. The van der Waals surface area contributed by atoms with E-state index >= 15 is 0 Å². The molecule has 0 heterocycles. The molecule has 0 fully saturated rings. The molecule has 0 aliphatic carbocycles. The Kier molecular flexibility index (Phi) is 4.63. The molecule has 0 saturated carbocycles. The first-order chi connectivity index (χ1) is 7.22. The molecule has 0 atom stereocenters. The number of ether oxygens (including phenoxy) is 1. The Morgan fingerprint density at radius 1 is 1.40 bits per heavy atom. The highest BCUT2D eigenvalue weighted by molar-refractivity contribution is 6.30. The highest BCUT2D eigenvalue weighted by atomic mass is 35.5. The molecule has 1 aromatic carbocycles. The summed E-state index contributed by atoms with van der Waals surface area (Å²) in [5.41, 5.74) is 0.876. The van der Waals surface area contributed by atoms with E-state index in [9.17, 15) is 9.59 Å². The van der Waals surface area contributed by atoms with Crippen LogP contribution < -0.4 is 5.32 Å². The number of benzene rings is 1. The predicted octanol–water partition coefficient (Wildman–Crippen LogP) is 1.49. The molecule has 0 radical (unpaired) electrons. The second-order valence-corrected chi connectivity index (χ2v) is 3.16. The number of nitrogens with one attached hydrogen (secondary N) is 1. The number of carbonyl (C=O) groups is 2. The number of esters is 1. The van der Waals surface area contributed by atoms with Gasteiger partial charge in [-0.1, -0.05) is 11.6 Å². The van der Waals surface area contributed by atoms with Crippen LogP contribution in [0.2, 0.25) is 5.02 Å². The molecule has 0 saturated heterocycles. The molecule has 0 aliphatic heterocycles. The quantitative estimate of drug-likeness (QED) is 0.358. The van der Waals surface area contributed by atoms with Gasteiger partial charge in [0.2, 0.25) is 6.29 Å². The fraction of sp³-hybridized carbons (Fsp3) is 0.200. The summed E-state index contributed by atoms with van der Waals surface area (Å²) < 4.78 is 4.54. The van der Waals surface area contributed by atoms with Gasteiger partial charge in [-0.2, -0.15) is 0 Å². The molecular formula is C10H10ClNO3. The van der Waals surface area contributed by atoms with Crippen LogP contribution in [0.4, 0.5) is 5.69 Å². The third-order valence-electron chi connectivity index (χ3n) is 1.62. The maximum absolute atomic E-state index is 10.4. The van der Waals surface area contributed by atoms with E-state index in [0.29, 0.717) is 11.6 Å². The van der Waals surface area contributed by atoms with Gasteiger partial charge in [0.15, 0.2) is 0 Å². The number of hydrogen-bond acceptors (Lipinski definition) is 4. The molecule has 0 aliphatic rings. The molecule has 1 aromatic rings. The summed E-state index contributed by atoms with van der Waals surface area (Å²) in [6.07, 6.45) is 0.141. The largest absolute Gasteiger partial charge is 0.458 e. The van der Waals surface area contributed by atoms with Gasteiger partial charge >= 0.3 is 5.97 Å². The normalized spacial score (nSPS) is 9.40. The second kappa shape index (κ2) is 6.03. The van der Waals surface area contributed by atoms with Crippen molar-refractivity contribution < 1.29 is 14.3 Å². The summed E-state index contributed by atoms with van der Waals surface area (Å²) in [6.45, 7) is 0.599. The van der Waals surface area contributed by atoms with Crippen LogP contribution in [0.3, 0.4) is 0 Å². The maximum atomic E-state index is 10.4. The summed E-state index contributed by atoms with van der Waals surface area (Å²) in [5, 5.41) is 3.66. The van der Waals surface area contributed by atoms with Crippen LogP contribution in [0, 0.1) is 0 Å². The van der Waals surface area contributed by atoms with Crippen molar-refractivity contribution in [1.29, 1.82) is 0 Å². The Balaban J connectivity index is 2.23. The van der Waals surface area contributed by atoms with E-state index in [0.717, 1.165) is 5.69 Å². The molecule has 4 nitrogen and oxygen atoms in total. The Bertz CT molecular complexity index is 337. The summed E-state index contributed by atoms with van der Waals surface area (Å²) in [4.78, 5) is 20.3. The minimum atomic E-state index is -0.854. The molecule has 1 N–H and O–H groups in total. The van der Waals surface area contributed by atoms with E-state index < -0.39 is 5.97 Å². The fourth-order valence-electron chi connectivity index (χ4n) is 0.949. The first-order valence-corrected chi connectivity index (χ1v) is 4.71. The van der Waals surface area contributed by atoms with Gasteiger partial charge in [-0.3, -0.25) is 4.79 Å². The minimum absolute atomic E-state index is 0.141. The average molecular weight is 228 g/mol. The van der Waals surface area contributed by atoms with Gasteiger partial charge in [-0.25, -0.2) is 4.79 Å². The molecule has 0 unspecified atom stereocenters. The van der Waals surface area contributed by atoms with E-state index in [4.69, 9.17) is 11.6 Å². The van der Waals surface area contributed by atoms with Gasteiger partial charge in [-0.05, 0) is 24.3 Å². The summed E-state index contributed by atoms with van der Waals surface area (Å²) in [7, 11) is 0. The molecule has 0 spiro atoms. The topological polar surface area (TPSA) is 55.4 Å². The number of rotatable bonds is 5. The van der Waals surface area contributed by atoms with Crippen molar-refractivity contribution in [3.8, 4) is 0 Å². The number of halogens is 1. The zero-order chi connectivity index (χ0) is 11.1. The molecule has 15 heavy (non-hydrogen) atoms. The SMILES string of the molecule is O=CC(=O)OCCNc1ccc(Cl)cc1. The number of anilines is 1. The van der Waals surface area contributed by atoms with E-state index in [1.54, 1.807) is 12.1 Å². The maximum Gasteiger partial charge on any atom is 0.371 e. The van der Waals surface area contributed by atoms with Crippen LogP contribution in [0.15, 0.2) is 24.3 Å². The average Bonchev–Trinajstić information content (AvgIpc) is 2.26. The number of aldehydes is 1. The van der Waals surface area contributed by atoms with Crippen LogP contribution in [0.25, 0.3) is 0 Å². The highest BCUT2D eigenvalue weighted by Gasteiger charge is 1.97. The fourth-order valence-corrected chi connectivity index (χ4v) is 1.07. The van der Waals surface area contributed by atoms with E-state index in [-0.39, 0.29) is 12.9 Å². The van der Waals surface area contributed by atoms with E-state index in [1.807, 2.05) is 12.1 Å². The van der Waals surface area contributed by atoms with E-state index in [2.05, 4.69) is 10.1 Å². The van der Waals surface area contributed by atoms with Gasteiger partial charge in [0, 0.05) is 17.3 Å². The van der Waals surface area contributed by atoms with Gasteiger partial charge in [0.1, 0.15) is 6.61 Å². The van der Waals surface area contributed by atoms with Crippen LogP contribution in [-0.2, 0) is 14.3 Å². The third-order valence-corrected chi connectivity index (χ3v) is 1.87. The lowest BCUT2D eigenvalue weighted by Gasteiger charge is -2.05. The molecule has 0 amide bonds. The van der Waals surface area contributed by atoms with Crippen molar-refractivity contribution in [1.82, 2.24) is 0 Å². The Morgan fingerprint density at radius 2 is 2.07 bits per heavy atom. The molecule has 5 heteroatoms. The van der Waals surface area contributed by atoms with Crippen molar-refractivity contribution in [2.24, 2.45) is 0 Å². The molecule has 1 rings (SSSR count). The number of carbonyl (C=O) groups excluding carboxylic acids is 2. The van der Waals surface area contributed by atoms with Crippen molar-refractivity contribution >= 4 is 29.5 Å². The monoisotopic (exact) mass is 227 g/mol. The Morgan fingerprint density at radius 3 is 2.67 bits per heavy atom. The lowest BCUT2D eigenvalue weighted by atomic mass is 10.3. The van der Waals surface area contributed by atoms with Gasteiger partial charge in [0.05, 0.1) is 0 Å². The summed E-state index contributed by atoms with van der Waals surface area (Å²) in [5.74, 6) is -0.854. The molecule has 0 aromatic heterocycles. The van der Waals surface area contributed by atoms with Gasteiger partial charge in [-0.15, -0.1) is 0 Å². The standard InChI is InChI=1S/C10H10ClNO3/c11-8-1-3-9(4-2-8)12-5-6-15-10(14)7-13/h1-4,7,12H,5-6H2. The smallest absolute Gasteiger partial charge is 0.371 e. The lowest BCUT2D eigenvalue weighted by Crippen LogP contribution is -2.14. The third kappa shape index (κ3) is 4.46. The zero-order valence-corrected chi connectivity index (χ0v) is 8.66. The van der Waals surface area contributed by atoms with Crippen LogP contribution >= 0.6 is 11.6 Å². The summed E-state index contributed by atoms with van der Waals surface area (Å²) >= 11 is 5.70. The first-order valence-electron chi connectivity index (χ1n) is 4.34. The second-order valence-electron chi connectivity index (χ2n) is 2.72. The minimum Gasteiger partial charge on any atom is -0.458 e. The van der Waals surface area contributed by atoms with Gasteiger partial charge in [0.25, 0.3) is 0 Å². The van der Waals surface area contributed by atoms with Crippen LogP contribution in [0.1, 0.15) is 0 Å². The molecule has 0 bridgehead atoms. The molecular weight excluding hydrogens is 218 g/mol. The number of hydrogen-bond donors (Lipinski definition) is 1. The van der Waals surface area contributed by atoms with Crippen LogP contribution in [0.5, 0.6) is 0 Å². The van der Waals surface area contributed by atoms with Crippen molar-refractivity contribution in [2.45, 2.75) is 0 Å². The van der Waals surface area contributed by atoms with Crippen molar-refractivity contribution in [2.75, 3.05) is 18.5 Å². The summed E-state index contributed by atoms with van der Waals surface area (Å²) in [6, 6.07) is 7.12. The predicted molar refractivity (Wildman–Crippen MR) is 57.0 cm³/mol. The Hall–Kier alpha value is -1.55. The lowest BCUT2D eigenvalue weighted by molar-refractivity contribution is -0.148. The Labute approximate surface area is 92.2 Å². The first kappa shape index (κ1) is 11.5.